The van der Waals surface area contributed by atoms with Crippen molar-refractivity contribution in [3.05, 3.63) is 267 Å². The highest BCUT2D eigenvalue weighted by Crippen LogP contribution is 2.44. The Morgan fingerprint density at radius 3 is 0.691 bits per heavy atom. The van der Waals surface area contributed by atoms with Crippen LogP contribution in [0.1, 0.15) is 0 Å². The maximum atomic E-state index is 2.39. The molecule has 0 spiro atoms. The molecule has 0 aliphatic heterocycles. The molecule has 0 aliphatic rings. The third kappa shape index (κ3) is 6.73. The molecule has 0 N–H and O–H groups in total. The van der Waals surface area contributed by atoms with Gasteiger partial charge in [-0.3, -0.25) is 0 Å². The van der Waals surface area contributed by atoms with Crippen LogP contribution >= 0.6 is 0 Å². The maximum absolute atomic E-state index is 2.39. The summed E-state index contributed by atoms with van der Waals surface area (Å²) >= 11 is 0. The van der Waals surface area contributed by atoms with E-state index in [1.807, 2.05) is 0 Å². The molecule has 0 aromatic heterocycles. The second-order valence-corrected chi connectivity index (χ2v) is 17.7. The summed E-state index contributed by atoms with van der Waals surface area (Å²) in [7, 11) is 0. The van der Waals surface area contributed by atoms with E-state index >= 15 is 0 Å². The molecule has 0 radical (unpaired) electrons. The summed E-state index contributed by atoms with van der Waals surface area (Å²) in [5.41, 5.74) is 11.3. The molecule has 13 aromatic carbocycles. The Labute approximate surface area is 395 Å². The van der Waals surface area contributed by atoms with Gasteiger partial charge in [-0.05, 0) is 160 Å². The molecule has 0 saturated heterocycles. The van der Waals surface area contributed by atoms with Crippen molar-refractivity contribution in [1.82, 2.24) is 0 Å². The average Bonchev–Trinajstić information content (AvgIpc) is 3.42. The molecular formula is C66H44N2. The second-order valence-electron chi connectivity index (χ2n) is 17.7. The number of nitrogens with zero attached hydrogens (tertiary/aromatic N) is 2. The van der Waals surface area contributed by atoms with Gasteiger partial charge in [-0.2, -0.15) is 0 Å². The van der Waals surface area contributed by atoms with E-state index in [0.717, 1.165) is 45.3 Å². The molecule has 0 unspecified atom stereocenters. The summed E-state index contributed by atoms with van der Waals surface area (Å²) in [5, 5.41) is 15.2. The quantitative estimate of drug-likeness (QED) is 0.140. The molecule has 0 fully saturated rings. The molecular weight excluding hydrogens is 821 g/mol. The summed E-state index contributed by atoms with van der Waals surface area (Å²) in [5.74, 6) is 0. The number of anilines is 6. The van der Waals surface area contributed by atoms with Crippen molar-refractivity contribution in [2.75, 3.05) is 9.80 Å². The largest absolute Gasteiger partial charge is 0.310 e. The number of rotatable bonds is 8. The van der Waals surface area contributed by atoms with Crippen LogP contribution in [0.2, 0.25) is 0 Å². The van der Waals surface area contributed by atoms with E-state index in [2.05, 4.69) is 277 Å². The van der Waals surface area contributed by atoms with Gasteiger partial charge in [0.15, 0.2) is 0 Å². The maximum Gasteiger partial charge on any atom is 0.0468 e. The monoisotopic (exact) mass is 864 g/mol. The summed E-state index contributed by atoms with van der Waals surface area (Å²) in [4.78, 5) is 4.76. The van der Waals surface area contributed by atoms with Crippen LogP contribution in [0, 0.1) is 0 Å². The van der Waals surface area contributed by atoms with Crippen molar-refractivity contribution in [1.29, 1.82) is 0 Å². The lowest BCUT2D eigenvalue weighted by Gasteiger charge is -2.27. The van der Waals surface area contributed by atoms with Gasteiger partial charge in [0.05, 0.1) is 0 Å². The second kappa shape index (κ2) is 16.5. The van der Waals surface area contributed by atoms with Gasteiger partial charge in [-0.1, -0.05) is 194 Å². The van der Waals surface area contributed by atoms with Gasteiger partial charge >= 0.3 is 0 Å². The van der Waals surface area contributed by atoms with Gasteiger partial charge in [0, 0.05) is 34.1 Å². The van der Waals surface area contributed by atoms with Crippen LogP contribution in [0.25, 0.3) is 86.9 Å². The lowest BCUT2D eigenvalue weighted by Crippen LogP contribution is -2.10. The molecule has 68 heavy (non-hydrogen) atoms. The van der Waals surface area contributed by atoms with Crippen LogP contribution in [-0.4, -0.2) is 0 Å². The third-order valence-corrected chi connectivity index (χ3v) is 13.8. The predicted octanol–water partition coefficient (Wildman–Crippen LogP) is 18.9. The normalized spacial score (nSPS) is 11.5. The lowest BCUT2D eigenvalue weighted by molar-refractivity contribution is 1.28. The van der Waals surface area contributed by atoms with Crippen LogP contribution in [0.4, 0.5) is 34.1 Å². The minimum absolute atomic E-state index is 1.09. The highest BCUT2D eigenvalue weighted by atomic mass is 15.1. The van der Waals surface area contributed by atoms with Crippen molar-refractivity contribution >= 4 is 98.8 Å². The number of benzene rings is 13. The molecule has 0 bridgehead atoms. The van der Waals surface area contributed by atoms with Gasteiger partial charge in [0.25, 0.3) is 0 Å². The van der Waals surface area contributed by atoms with Crippen LogP contribution in [0.15, 0.2) is 267 Å². The number of hydrogen-bond acceptors (Lipinski definition) is 2. The van der Waals surface area contributed by atoms with Crippen molar-refractivity contribution < 1.29 is 0 Å². The Hall–Kier alpha value is -8.98. The molecule has 318 valence electrons. The fourth-order valence-electron chi connectivity index (χ4n) is 10.6. The Morgan fingerprint density at radius 2 is 0.368 bits per heavy atom. The molecule has 0 amide bonds. The van der Waals surface area contributed by atoms with E-state index in [-0.39, 0.29) is 0 Å². The SMILES string of the molecule is c1ccc(-c2ccc(N(c3ccc(-c4ccc(N(c5ccccc5)c5ccc6c7ccccc7c7ccccc7c6c5)cc4)cc3)c3ccc4c5ccccc5c5ccccc5c4c3)cc2)cc1. The van der Waals surface area contributed by atoms with Crippen molar-refractivity contribution in [3.8, 4) is 22.3 Å². The molecule has 0 atom stereocenters. The molecule has 13 aromatic rings. The molecule has 2 heteroatoms. The van der Waals surface area contributed by atoms with E-state index in [1.54, 1.807) is 0 Å². The van der Waals surface area contributed by atoms with Crippen molar-refractivity contribution in [3.63, 3.8) is 0 Å². The van der Waals surface area contributed by atoms with Gasteiger partial charge < -0.3 is 9.80 Å². The summed E-state index contributed by atoms with van der Waals surface area (Å²) in [6.07, 6.45) is 0. The van der Waals surface area contributed by atoms with E-state index < -0.39 is 0 Å². The first-order valence-corrected chi connectivity index (χ1v) is 23.4. The zero-order chi connectivity index (χ0) is 45.0. The van der Waals surface area contributed by atoms with Crippen LogP contribution in [0.5, 0.6) is 0 Å². The van der Waals surface area contributed by atoms with Gasteiger partial charge in [-0.25, -0.2) is 0 Å². The third-order valence-electron chi connectivity index (χ3n) is 13.8. The molecule has 13 rings (SSSR count). The Balaban J connectivity index is 0.886. The van der Waals surface area contributed by atoms with E-state index in [9.17, 15) is 0 Å². The molecule has 0 heterocycles. The molecule has 2 nitrogen and oxygen atoms in total. The first kappa shape index (κ1) is 39.4. The average molecular weight is 865 g/mol. The highest BCUT2D eigenvalue weighted by molar-refractivity contribution is 6.27. The standard InChI is InChI=1S/C66H44N2/c1-3-15-45(16-4-1)46-27-33-51(34-28-46)68(54-40-42-64-60-24-10-8-20-56(60)58-22-12-14-26-62(58)66(64)44-54)52-37-31-48(32-38-52)47-29-35-50(36-30-47)67(49-17-5-2-6-18-49)53-39-41-63-59-23-9-7-19-55(59)57-21-11-13-25-61(57)65(63)43-53/h1-44H. The minimum Gasteiger partial charge on any atom is -0.310 e. The fourth-order valence-corrected chi connectivity index (χ4v) is 10.6. The Morgan fingerprint density at radius 1 is 0.147 bits per heavy atom. The highest BCUT2D eigenvalue weighted by Gasteiger charge is 2.18. The zero-order valence-corrected chi connectivity index (χ0v) is 37.3. The van der Waals surface area contributed by atoms with E-state index in [0.29, 0.717) is 0 Å². The molecule has 0 saturated carbocycles. The summed E-state index contributed by atoms with van der Waals surface area (Å²) in [6.45, 7) is 0. The van der Waals surface area contributed by atoms with Crippen molar-refractivity contribution in [2.24, 2.45) is 0 Å². The number of para-hydroxylation sites is 1. The lowest BCUT2D eigenvalue weighted by atomic mass is 9.94. The van der Waals surface area contributed by atoms with Crippen molar-refractivity contribution in [2.45, 2.75) is 0 Å². The first-order valence-electron chi connectivity index (χ1n) is 23.4. The topological polar surface area (TPSA) is 6.48 Å². The van der Waals surface area contributed by atoms with Gasteiger partial charge in [0.2, 0.25) is 0 Å². The van der Waals surface area contributed by atoms with Crippen LogP contribution in [-0.2, 0) is 0 Å². The van der Waals surface area contributed by atoms with Gasteiger partial charge in [0.1, 0.15) is 0 Å². The predicted molar refractivity (Wildman–Crippen MR) is 292 cm³/mol. The van der Waals surface area contributed by atoms with E-state index in [1.165, 1.54) is 75.8 Å². The van der Waals surface area contributed by atoms with Crippen LogP contribution in [0.3, 0.4) is 0 Å². The first-order chi connectivity index (χ1) is 33.7. The van der Waals surface area contributed by atoms with E-state index in [4.69, 9.17) is 0 Å². The molecule has 0 aliphatic carbocycles. The van der Waals surface area contributed by atoms with Gasteiger partial charge in [-0.15, -0.1) is 0 Å². The number of hydrogen-bond donors (Lipinski definition) is 0. The summed E-state index contributed by atoms with van der Waals surface area (Å²) in [6, 6.07) is 97.4. The summed E-state index contributed by atoms with van der Waals surface area (Å²) < 4.78 is 0. The minimum atomic E-state index is 1.09. The Kier molecular flexibility index (Phi) is 9.54. The fraction of sp³-hybridized carbons (Fsp3) is 0. The zero-order valence-electron chi connectivity index (χ0n) is 37.3. The Bertz CT molecular complexity index is 3920. The smallest absolute Gasteiger partial charge is 0.0468 e. The van der Waals surface area contributed by atoms with Crippen LogP contribution < -0.4 is 9.80 Å². The number of fused-ring (bicyclic) bond motifs is 12.